The van der Waals surface area contributed by atoms with Crippen molar-refractivity contribution in [2.24, 2.45) is 0 Å². The number of ether oxygens (including phenoxy) is 3. The molecule has 52 heavy (non-hydrogen) atoms. The van der Waals surface area contributed by atoms with Gasteiger partial charge in [0.15, 0.2) is 11.5 Å². The number of amides is 2. The molecule has 0 unspecified atom stereocenters. The Kier molecular flexibility index (Phi) is 16.0. The fraction of sp³-hybridized carbons (Fsp3) is 0.378. The maximum Gasteiger partial charge on any atom is 0.325 e. The minimum atomic E-state index is -1.08. The lowest BCUT2D eigenvalue weighted by molar-refractivity contribution is -0.143. The van der Waals surface area contributed by atoms with E-state index >= 15 is 0 Å². The van der Waals surface area contributed by atoms with Gasteiger partial charge in [-0.3, -0.25) is 19.0 Å². The number of anilines is 1. The minimum Gasteiger partial charge on any atom is -0.487 e. The van der Waals surface area contributed by atoms with E-state index in [1.54, 1.807) is 50.8 Å². The first-order valence-corrected chi connectivity index (χ1v) is 16.4. The monoisotopic (exact) mass is 721 g/mol. The minimum absolute atomic E-state index is 0. The van der Waals surface area contributed by atoms with E-state index in [2.05, 4.69) is 20.5 Å². The van der Waals surface area contributed by atoms with Crippen LogP contribution in [0.1, 0.15) is 54.9 Å². The second-order valence-electron chi connectivity index (χ2n) is 11.6. The highest BCUT2D eigenvalue weighted by molar-refractivity contribution is 6.03. The first-order valence-electron chi connectivity index (χ1n) is 16.4. The van der Waals surface area contributed by atoms with Gasteiger partial charge in [0, 0.05) is 56.2 Å². The third-order valence-corrected chi connectivity index (χ3v) is 8.14. The molecule has 1 aliphatic heterocycles. The molecule has 4 aromatic rings. The number of methoxy groups -OCH3 is 1. The summed E-state index contributed by atoms with van der Waals surface area (Å²) in [7, 11) is 3.16. The molecular weight excluding hydrogens is 674 g/mol. The summed E-state index contributed by atoms with van der Waals surface area (Å²) in [5.74, 6) is -0.289. The number of fused-ring (bicyclic) bond motifs is 1. The van der Waals surface area contributed by atoms with Crippen molar-refractivity contribution in [3.05, 3.63) is 78.1 Å². The van der Waals surface area contributed by atoms with Crippen molar-refractivity contribution in [3.63, 3.8) is 0 Å². The predicted octanol–water partition coefficient (Wildman–Crippen LogP) is 5.04. The van der Waals surface area contributed by atoms with Crippen molar-refractivity contribution < 1.29 is 48.7 Å². The first kappa shape index (κ1) is 40.9. The smallest absolute Gasteiger partial charge is 0.325 e. The SMILES string of the molecule is C.CNC(=O)n1ccc2cc(Oc3ccnc(NC(=O)c4ccc(C5CCN(CCO)CC5)cc4)c3)c(OCCOC)cc21.O=C(O)CCC(=O)O. The molecule has 2 amide bonds. The van der Waals surface area contributed by atoms with Crippen LogP contribution in [0.25, 0.3) is 10.9 Å². The zero-order valence-electron chi connectivity index (χ0n) is 28.5. The zero-order valence-corrected chi connectivity index (χ0v) is 28.5. The number of nitrogens with zero attached hydrogens (tertiary/aromatic N) is 3. The van der Waals surface area contributed by atoms with Crippen molar-refractivity contribution in [1.29, 1.82) is 0 Å². The van der Waals surface area contributed by atoms with Crippen LogP contribution < -0.4 is 20.1 Å². The van der Waals surface area contributed by atoms with E-state index < -0.39 is 11.9 Å². The second kappa shape index (κ2) is 20.4. The number of aliphatic hydroxyl groups excluding tert-OH is 1. The Hall–Kier alpha value is -5.51. The van der Waals surface area contributed by atoms with Crippen LogP contribution in [-0.4, -0.2) is 107 Å². The maximum absolute atomic E-state index is 13.0. The van der Waals surface area contributed by atoms with Crippen LogP contribution in [0.4, 0.5) is 10.6 Å². The average molecular weight is 722 g/mol. The van der Waals surface area contributed by atoms with E-state index in [1.807, 2.05) is 30.3 Å². The third kappa shape index (κ3) is 11.8. The molecule has 2 aromatic carbocycles. The number of hydrogen-bond donors (Lipinski definition) is 5. The van der Waals surface area contributed by atoms with Gasteiger partial charge in [0.25, 0.3) is 5.91 Å². The fourth-order valence-electron chi connectivity index (χ4n) is 5.48. The molecular formula is C37H47N5O10. The van der Waals surface area contributed by atoms with Crippen molar-refractivity contribution >= 4 is 40.6 Å². The van der Waals surface area contributed by atoms with Crippen molar-refractivity contribution in [3.8, 4) is 17.2 Å². The van der Waals surface area contributed by atoms with Gasteiger partial charge in [-0.1, -0.05) is 19.6 Å². The number of hydrogen-bond acceptors (Lipinski definition) is 10. The Bertz CT molecular complexity index is 1770. The topological polar surface area (TPSA) is 202 Å². The van der Waals surface area contributed by atoms with Gasteiger partial charge in [-0.15, -0.1) is 0 Å². The van der Waals surface area contributed by atoms with Crippen molar-refractivity contribution in [2.75, 3.05) is 58.9 Å². The number of carboxylic acid groups (broad SMARTS) is 2. The van der Waals surface area contributed by atoms with Crippen LogP contribution in [-0.2, 0) is 14.3 Å². The quantitative estimate of drug-likeness (QED) is 0.109. The number of nitrogens with one attached hydrogen (secondary N) is 2. The van der Waals surface area contributed by atoms with Gasteiger partial charge in [-0.05, 0) is 67.7 Å². The molecule has 0 saturated carbocycles. The number of rotatable bonds is 14. The number of aliphatic hydroxyl groups is 1. The number of pyridine rings is 1. The van der Waals surface area contributed by atoms with Gasteiger partial charge in [-0.25, -0.2) is 9.78 Å². The summed E-state index contributed by atoms with van der Waals surface area (Å²) in [5, 5.41) is 31.2. The number of β-amino-alcohol motifs (C(OH)–C–C–N with tert-alkyl or cyclic N) is 1. The summed E-state index contributed by atoms with van der Waals surface area (Å²) >= 11 is 0. The molecule has 0 spiro atoms. The molecule has 2 aromatic heterocycles. The van der Waals surface area contributed by atoms with Crippen LogP contribution in [0, 0.1) is 0 Å². The molecule has 1 fully saturated rings. The number of piperidine rings is 1. The highest BCUT2D eigenvalue weighted by Crippen LogP contribution is 2.37. The van der Waals surface area contributed by atoms with E-state index in [0.29, 0.717) is 53.3 Å². The molecule has 15 nitrogen and oxygen atoms in total. The number of aliphatic carboxylic acids is 2. The fourth-order valence-corrected chi connectivity index (χ4v) is 5.48. The summed E-state index contributed by atoms with van der Waals surface area (Å²) in [4.78, 5) is 51.2. The van der Waals surface area contributed by atoms with Gasteiger partial charge in [-0.2, -0.15) is 0 Å². The Morgan fingerprint density at radius 1 is 0.923 bits per heavy atom. The highest BCUT2D eigenvalue weighted by atomic mass is 16.5. The van der Waals surface area contributed by atoms with Gasteiger partial charge >= 0.3 is 18.0 Å². The Labute approximate surface area is 302 Å². The van der Waals surface area contributed by atoms with Gasteiger partial charge in [0.2, 0.25) is 0 Å². The highest BCUT2D eigenvalue weighted by Gasteiger charge is 2.21. The van der Waals surface area contributed by atoms with E-state index in [1.165, 1.54) is 10.1 Å². The molecule has 1 aliphatic rings. The lowest BCUT2D eigenvalue weighted by atomic mass is 9.89. The van der Waals surface area contributed by atoms with Crippen LogP contribution in [0.5, 0.6) is 17.2 Å². The maximum atomic E-state index is 13.0. The molecule has 0 radical (unpaired) electrons. The van der Waals surface area contributed by atoms with Gasteiger partial charge < -0.3 is 45.1 Å². The normalized spacial score (nSPS) is 12.9. The molecule has 1 saturated heterocycles. The molecule has 15 heteroatoms. The lowest BCUT2D eigenvalue weighted by Gasteiger charge is -2.31. The molecule has 0 aliphatic carbocycles. The van der Waals surface area contributed by atoms with Crippen LogP contribution in [0.2, 0.25) is 0 Å². The Balaban J connectivity index is 0.000000726. The lowest BCUT2D eigenvalue weighted by Crippen LogP contribution is -2.34. The van der Waals surface area contributed by atoms with Crippen LogP contribution >= 0.6 is 0 Å². The number of aromatic nitrogens is 2. The number of carbonyl (C=O) groups is 4. The number of likely N-dealkylation sites (tertiary alicyclic amines) is 1. The summed E-state index contributed by atoms with van der Waals surface area (Å²) in [6.45, 7) is 3.51. The van der Waals surface area contributed by atoms with Gasteiger partial charge in [0.05, 0.1) is 31.6 Å². The third-order valence-electron chi connectivity index (χ3n) is 8.14. The summed E-state index contributed by atoms with van der Waals surface area (Å²) in [6, 6.07) is 16.2. The van der Waals surface area contributed by atoms with Crippen LogP contribution in [0.3, 0.4) is 0 Å². The largest absolute Gasteiger partial charge is 0.487 e. The molecule has 5 N–H and O–H groups in total. The second-order valence-corrected chi connectivity index (χ2v) is 11.6. The van der Waals surface area contributed by atoms with Gasteiger partial charge in [0.1, 0.15) is 18.2 Å². The number of benzene rings is 2. The molecule has 0 atom stereocenters. The molecule has 5 rings (SSSR count). The van der Waals surface area contributed by atoms with Crippen molar-refractivity contribution in [1.82, 2.24) is 19.8 Å². The van der Waals surface area contributed by atoms with E-state index in [0.717, 1.165) is 37.9 Å². The molecule has 3 heterocycles. The first-order chi connectivity index (χ1) is 24.6. The molecule has 0 bridgehead atoms. The summed E-state index contributed by atoms with van der Waals surface area (Å²) in [6.07, 6.45) is 4.72. The Morgan fingerprint density at radius 3 is 2.23 bits per heavy atom. The summed E-state index contributed by atoms with van der Waals surface area (Å²) < 4.78 is 18.7. The van der Waals surface area contributed by atoms with E-state index in [4.69, 9.17) is 29.5 Å². The Morgan fingerprint density at radius 2 is 1.62 bits per heavy atom. The van der Waals surface area contributed by atoms with E-state index in [-0.39, 0.29) is 38.8 Å². The average Bonchev–Trinajstić information content (AvgIpc) is 3.54. The summed E-state index contributed by atoms with van der Waals surface area (Å²) in [5.41, 5.74) is 2.43. The standard InChI is InChI=1S/C32H37N5O6.C4H6O4.CH4/c1-33-32(40)37-14-10-25-19-29(28(21-27(25)37)42-18-17-41-2)43-26-7-11-34-30(20-26)35-31(39)24-5-3-22(4-6-24)23-8-12-36(13-9-23)15-16-38;5-3(6)1-2-4(7)8;/h3-7,10-11,14,19-21,23,38H,8-9,12-13,15-18H2,1-2H3,(H,33,40)(H,34,35,39);1-2H2,(H,5,6)(H,7,8);1H4. The zero-order chi connectivity index (χ0) is 36.8. The molecule has 280 valence electrons. The van der Waals surface area contributed by atoms with Crippen molar-refractivity contribution in [2.45, 2.75) is 39.0 Å². The number of carbonyl (C=O) groups excluding carboxylic acids is 2. The van der Waals surface area contributed by atoms with Crippen LogP contribution in [0.15, 0.2) is 67.0 Å². The number of carboxylic acids is 2. The predicted molar refractivity (Wildman–Crippen MR) is 195 cm³/mol. The van der Waals surface area contributed by atoms with E-state index in [9.17, 15) is 19.2 Å².